The highest BCUT2D eigenvalue weighted by atomic mass is 32.2. The normalized spacial score (nSPS) is 20.0. The standard InChI is InChI=1S/C14H20N2O5S/c1-11-4-2-7-16(10-11)22(20,21)9-8-15-6-3-5-12(13(15)17)14(18)19/h3,5-6,11H,2,4,7-10H2,1H3,(H,18,19)/t11-/m0/s1. The summed E-state index contributed by atoms with van der Waals surface area (Å²) in [4.78, 5) is 22.8. The summed E-state index contributed by atoms with van der Waals surface area (Å²) in [6.45, 7) is 2.98. The minimum atomic E-state index is -3.44. The maximum atomic E-state index is 12.3. The van der Waals surface area contributed by atoms with Crippen LogP contribution in [0.3, 0.4) is 0 Å². The largest absolute Gasteiger partial charge is 0.477 e. The minimum Gasteiger partial charge on any atom is -0.477 e. The van der Waals surface area contributed by atoms with Crippen molar-refractivity contribution in [2.75, 3.05) is 18.8 Å². The van der Waals surface area contributed by atoms with Crippen molar-refractivity contribution in [3.05, 3.63) is 34.2 Å². The molecule has 1 aliphatic rings. The van der Waals surface area contributed by atoms with Crippen LogP contribution in [-0.2, 0) is 16.6 Å². The van der Waals surface area contributed by atoms with Crippen LogP contribution in [0.2, 0.25) is 0 Å². The first-order chi connectivity index (χ1) is 10.3. The zero-order chi connectivity index (χ0) is 16.3. The number of nitrogens with zero attached hydrogens (tertiary/aromatic N) is 2. The first-order valence-electron chi connectivity index (χ1n) is 7.22. The van der Waals surface area contributed by atoms with Gasteiger partial charge in [-0.1, -0.05) is 6.92 Å². The molecule has 1 N–H and O–H groups in total. The number of pyridine rings is 1. The lowest BCUT2D eigenvalue weighted by molar-refractivity contribution is 0.0694. The summed E-state index contributed by atoms with van der Waals surface area (Å²) in [5.41, 5.74) is -1.04. The van der Waals surface area contributed by atoms with Gasteiger partial charge in [0.2, 0.25) is 10.0 Å². The number of carbonyl (C=O) groups is 1. The zero-order valence-electron chi connectivity index (χ0n) is 12.4. The number of hydrogen-bond donors (Lipinski definition) is 1. The third kappa shape index (κ3) is 3.75. The first kappa shape index (κ1) is 16.7. The number of carboxylic acids is 1. The third-order valence-electron chi connectivity index (χ3n) is 3.85. The maximum Gasteiger partial charge on any atom is 0.341 e. The third-order valence-corrected chi connectivity index (χ3v) is 5.67. The van der Waals surface area contributed by atoms with Crippen molar-refractivity contribution in [1.82, 2.24) is 8.87 Å². The van der Waals surface area contributed by atoms with Gasteiger partial charge < -0.3 is 9.67 Å². The Balaban J connectivity index is 2.11. The molecule has 1 aliphatic heterocycles. The molecule has 0 aromatic carbocycles. The van der Waals surface area contributed by atoms with Crippen molar-refractivity contribution >= 4 is 16.0 Å². The Morgan fingerprint density at radius 3 is 2.82 bits per heavy atom. The maximum absolute atomic E-state index is 12.3. The van der Waals surface area contributed by atoms with Crippen LogP contribution in [0.1, 0.15) is 30.1 Å². The van der Waals surface area contributed by atoms with Gasteiger partial charge in [0.15, 0.2) is 0 Å². The van der Waals surface area contributed by atoms with E-state index in [-0.39, 0.29) is 17.9 Å². The van der Waals surface area contributed by atoms with Crippen LogP contribution in [-0.4, -0.2) is 47.2 Å². The number of aromatic nitrogens is 1. The van der Waals surface area contributed by atoms with Crippen molar-refractivity contribution in [3.63, 3.8) is 0 Å². The summed E-state index contributed by atoms with van der Waals surface area (Å²) in [6, 6.07) is 2.64. The van der Waals surface area contributed by atoms with Gasteiger partial charge in [-0.05, 0) is 30.9 Å². The molecule has 1 atom stereocenters. The van der Waals surface area contributed by atoms with Crippen LogP contribution in [0.15, 0.2) is 23.1 Å². The highest BCUT2D eigenvalue weighted by Crippen LogP contribution is 2.18. The van der Waals surface area contributed by atoms with E-state index in [2.05, 4.69) is 0 Å². The van der Waals surface area contributed by atoms with Crippen LogP contribution >= 0.6 is 0 Å². The van der Waals surface area contributed by atoms with Crippen LogP contribution < -0.4 is 5.56 Å². The van der Waals surface area contributed by atoms with Crippen molar-refractivity contribution < 1.29 is 18.3 Å². The second-order valence-corrected chi connectivity index (χ2v) is 7.74. The molecule has 0 aliphatic carbocycles. The molecule has 0 amide bonds. The number of aromatic carboxylic acids is 1. The predicted octanol–water partition coefficient (Wildman–Crippen LogP) is 0.608. The summed E-state index contributed by atoms with van der Waals surface area (Å²) in [7, 11) is -3.44. The van der Waals surface area contributed by atoms with Gasteiger partial charge in [-0.3, -0.25) is 4.79 Å². The van der Waals surface area contributed by atoms with E-state index in [9.17, 15) is 18.0 Å². The first-order valence-corrected chi connectivity index (χ1v) is 8.83. The molecule has 0 bridgehead atoms. The number of hydrogen-bond acceptors (Lipinski definition) is 4. The molecule has 0 saturated carbocycles. The minimum absolute atomic E-state index is 0.0484. The summed E-state index contributed by atoms with van der Waals surface area (Å²) in [5, 5.41) is 8.91. The van der Waals surface area contributed by atoms with E-state index < -0.39 is 21.6 Å². The van der Waals surface area contributed by atoms with Gasteiger partial charge in [0, 0.05) is 25.8 Å². The van der Waals surface area contributed by atoms with Gasteiger partial charge in [-0.25, -0.2) is 17.5 Å². The Kier molecular flexibility index (Phi) is 5.02. The van der Waals surface area contributed by atoms with Gasteiger partial charge >= 0.3 is 5.97 Å². The van der Waals surface area contributed by atoms with E-state index in [0.29, 0.717) is 19.0 Å². The van der Waals surface area contributed by atoms with Crippen LogP contribution in [0.5, 0.6) is 0 Å². The molecule has 2 heterocycles. The second-order valence-electron chi connectivity index (χ2n) is 5.65. The molecule has 1 aromatic heterocycles. The smallest absolute Gasteiger partial charge is 0.341 e. The molecule has 0 spiro atoms. The SMILES string of the molecule is C[C@H]1CCCN(S(=O)(=O)CCn2cccc(C(=O)O)c2=O)C1. The van der Waals surface area contributed by atoms with Crippen LogP contribution in [0.4, 0.5) is 0 Å². The molecular formula is C14H20N2O5S. The Hall–Kier alpha value is -1.67. The Bertz CT molecular complexity index is 710. The summed E-state index contributed by atoms with van der Waals surface area (Å²) in [5.74, 6) is -1.18. The Morgan fingerprint density at radius 1 is 1.45 bits per heavy atom. The van der Waals surface area contributed by atoms with Crippen molar-refractivity contribution in [2.24, 2.45) is 5.92 Å². The van der Waals surface area contributed by atoms with Gasteiger partial charge in [0.1, 0.15) is 5.56 Å². The van der Waals surface area contributed by atoms with Gasteiger partial charge in [0.05, 0.1) is 5.75 Å². The lowest BCUT2D eigenvalue weighted by Gasteiger charge is -2.30. The van der Waals surface area contributed by atoms with Crippen molar-refractivity contribution in [3.8, 4) is 0 Å². The average molecular weight is 328 g/mol. The number of sulfonamides is 1. The molecule has 7 nitrogen and oxygen atoms in total. The fraction of sp³-hybridized carbons (Fsp3) is 0.571. The molecule has 1 fully saturated rings. The van der Waals surface area contributed by atoms with E-state index in [0.717, 1.165) is 17.4 Å². The van der Waals surface area contributed by atoms with Crippen molar-refractivity contribution in [2.45, 2.75) is 26.3 Å². The molecule has 22 heavy (non-hydrogen) atoms. The molecule has 1 aromatic rings. The lowest BCUT2D eigenvalue weighted by Crippen LogP contribution is -2.41. The van der Waals surface area contributed by atoms with Gasteiger partial charge in [0.25, 0.3) is 5.56 Å². The van der Waals surface area contributed by atoms with E-state index >= 15 is 0 Å². The fourth-order valence-corrected chi connectivity index (χ4v) is 4.19. The second kappa shape index (κ2) is 6.62. The summed E-state index contributed by atoms with van der Waals surface area (Å²) in [6.07, 6.45) is 3.27. The summed E-state index contributed by atoms with van der Waals surface area (Å²) >= 11 is 0. The van der Waals surface area contributed by atoms with E-state index in [1.54, 1.807) is 0 Å². The van der Waals surface area contributed by atoms with E-state index in [1.165, 1.54) is 22.6 Å². The molecular weight excluding hydrogens is 308 g/mol. The number of piperidine rings is 1. The van der Waals surface area contributed by atoms with E-state index in [4.69, 9.17) is 5.11 Å². The molecule has 8 heteroatoms. The molecule has 122 valence electrons. The quantitative estimate of drug-likeness (QED) is 0.854. The van der Waals surface area contributed by atoms with Crippen molar-refractivity contribution in [1.29, 1.82) is 0 Å². The van der Waals surface area contributed by atoms with Crippen LogP contribution in [0.25, 0.3) is 0 Å². The molecule has 1 saturated heterocycles. The number of rotatable bonds is 5. The Labute approximate surface area is 129 Å². The fourth-order valence-electron chi connectivity index (χ4n) is 2.62. The highest BCUT2D eigenvalue weighted by molar-refractivity contribution is 7.89. The molecule has 2 rings (SSSR count). The van der Waals surface area contributed by atoms with Gasteiger partial charge in [-0.15, -0.1) is 0 Å². The van der Waals surface area contributed by atoms with Crippen LogP contribution in [0, 0.1) is 5.92 Å². The van der Waals surface area contributed by atoms with E-state index in [1.807, 2.05) is 6.92 Å². The molecule has 0 unspecified atom stereocenters. The highest BCUT2D eigenvalue weighted by Gasteiger charge is 2.27. The van der Waals surface area contributed by atoms with Gasteiger partial charge in [-0.2, -0.15) is 0 Å². The predicted molar refractivity (Wildman–Crippen MR) is 81.4 cm³/mol. The topological polar surface area (TPSA) is 96.7 Å². The number of aryl methyl sites for hydroxylation is 1. The molecule has 0 radical (unpaired) electrons. The average Bonchev–Trinajstić information content (AvgIpc) is 2.46. The number of carboxylic acid groups (broad SMARTS) is 1. The summed E-state index contributed by atoms with van der Waals surface area (Å²) < 4.78 is 27.3. The lowest BCUT2D eigenvalue weighted by atomic mass is 10.0. The zero-order valence-corrected chi connectivity index (χ0v) is 13.3. The monoisotopic (exact) mass is 328 g/mol. The Morgan fingerprint density at radius 2 is 2.18 bits per heavy atom.